The Hall–Kier alpha value is -1.48. The molecular formula is C14H18N2S. The molecule has 0 aliphatic heterocycles. The number of rotatable bonds is 4. The summed E-state index contributed by atoms with van der Waals surface area (Å²) in [6, 6.07) is 10.4. The second-order valence-electron chi connectivity index (χ2n) is 4.31. The Balaban J connectivity index is 2.04. The quantitative estimate of drug-likeness (QED) is 0.839. The topological polar surface area (TPSA) is 29.3 Å². The fourth-order valence-electron chi connectivity index (χ4n) is 1.84. The van der Waals surface area contributed by atoms with Crippen LogP contribution in [0.5, 0.6) is 0 Å². The van der Waals surface area contributed by atoms with E-state index in [4.69, 9.17) is 5.73 Å². The van der Waals surface area contributed by atoms with Gasteiger partial charge in [-0.3, -0.25) is 0 Å². The van der Waals surface area contributed by atoms with Crippen LogP contribution in [-0.4, -0.2) is 13.6 Å². The molecule has 0 aliphatic carbocycles. The molecule has 0 amide bonds. The second-order valence-corrected chi connectivity index (χ2v) is 5.35. The van der Waals surface area contributed by atoms with E-state index in [1.165, 1.54) is 10.4 Å². The third-order valence-corrected chi connectivity index (χ3v) is 3.81. The van der Waals surface area contributed by atoms with Gasteiger partial charge >= 0.3 is 0 Å². The van der Waals surface area contributed by atoms with E-state index >= 15 is 0 Å². The fourth-order valence-corrected chi connectivity index (χ4v) is 2.54. The summed E-state index contributed by atoms with van der Waals surface area (Å²) in [6.07, 6.45) is 1.07. The summed E-state index contributed by atoms with van der Waals surface area (Å²) in [6.45, 7) is 3.09. The molecule has 2 rings (SSSR count). The molecule has 1 aromatic heterocycles. The molecule has 2 nitrogen and oxygen atoms in total. The molecule has 0 saturated carbocycles. The lowest BCUT2D eigenvalue weighted by molar-refractivity contribution is 0.888. The summed E-state index contributed by atoms with van der Waals surface area (Å²) in [5.41, 5.74) is 9.23. The monoisotopic (exact) mass is 246 g/mol. The second kappa shape index (κ2) is 5.23. The molecule has 0 bridgehead atoms. The zero-order valence-electron chi connectivity index (χ0n) is 10.3. The first-order valence-electron chi connectivity index (χ1n) is 5.76. The predicted octanol–water partition coefficient (Wildman–Crippen LogP) is 3.32. The molecule has 0 radical (unpaired) electrons. The molecular weight excluding hydrogens is 228 g/mol. The summed E-state index contributed by atoms with van der Waals surface area (Å²) in [4.78, 5) is 3.64. The van der Waals surface area contributed by atoms with Gasteiger partial charge in [-0.25, -0.2) is 0 Å². The molecule has 2 N–H and O–H groups in total. The Morgan fingerprint density at radius 1 is 1.29 bits per heavy atom. The van der Waals surface area contributed by atoms with E-state index in [1.54, 1.807) is 0 Å². The number of thiophene rings is 1. The molecule has 1 aromatic carbocycles. The van der Waals surface area contributed by atoms with Crippen LogP contribution >= 0.6 is 11.3 Å². The van der Waals surface area contributed by atoms with Gasteiger partial charge < -0.3 is 10.6 Å². The number of aryl methyl sites for hydroxylation is 1. The molecule has 0 spiro atoms. The van der Waals surface area contributed by atoms with Gasteiger partial charge in [0.2, 0.25) is 0 Å². The average molecular weight is 246 g/mol. The van der Waals surface area contributed by atoms with Crippen molar-refractivity contribution in [3.05, 3.63) is 46.2 Å². The molecule has 1 heterocycles. The maximum Gasteiger partial charge on any atom is 0.0600 e. The fraction of sp³-hybridized carbons (Fsp3) is 0.286. The Kier molecular flexibility index (Phi) is 3.69. The van der Waals surface area contributed by atoms with E-state index in [0.29, 0.717) is 0 Å². The van der Waals surface area contributed by atoms with Crippen LogP contribution in [0.15, 0.2) is 35.7 Å². The number of likely N-dealkylation sites (N-methyl/N-ethyl adjacent to an activating group) is 1. The largest absolute Gasteiger partial charge is 0.397 e. The molecule has 0 saturated heterocycles. The van der Waals surface area contributed by atoms with Crippen LogP contribution in [0.3, 0.4) is 0 Å². The van der Waals surface area contributed by atoms with Crippen molar-refractivity contribution in [2.75, 3.05) is 24.2 Å². The zero-order chi connectivity index (χ0) is 12.3. The van der Waals surface area contributed by atoms with E-state index in [2.05, 4.69) is 42.5 Å². The van der Waals surface area contributed by atoms with Gasteiger partial charge in [0.05, 0.1) is 11.4 Å². The smallest absolute Gasteiger partial charge is 0.0600 e. The molecule has 0 aliphatic rings. The third-order valence-electron chi connectivity index (χ3n) is 2.87. The molecule has 90 valence electrons. The first kappa shape index (κ1) is 12.0. The minimum atomic E-state index is 0.851. The van der Waals surface area contributed by atoms with Crippen molar-refractivity contribution in [3.63, 3.8) is 0 Å². The molecule has 0 fully saturated rings. The van der Waals surface area contributed by atoms with E-state index < -0.39 is 0 Å². The van der Waals surface area contributed by atoms with Gasteiger partial charge in [0.1, 0.15) is 0 Å². The predicted molar refractivity (Wildman–Crippen MR) is 76.9 cm³/mol. The van der Waals surface area contributed by atoms with Crippen LogP contribution in [0.4, 0.5) is 11.4 Å². The van der Waals surface area contributed by atoms with Gasteiger partial charge in [-0.15, -0.1) is 11.3 Å². The first-order chi connectivity index (χ1) is 8.16. The molecule has 0 unspecified atom stereocenters. The van der Waals surface area contributed by atoms with Crippen LogP contribution in [0, 0.1) is 6.92 Å². The highest BCUT2D eigenvalue weighted by Crippen LogP contribution is 2.23. The normalized spacial score (nSPS) is 10.5. The van der Waals surface area contributed by atoms with E-state index in [-0.39, 0.29) is 0 Å². The van der Waals surface area contributed by atoms with E-state index in [1.807, 2.05) is 23.5 Å². The Labute approximate surface area is 107 Å². The van der Waals surface area contributed by atoms with Gasteiger partial charge in [0, 0.05) is 18.5 Å². The van der Waals surface area contributed by atoms with Crippen LogP contribution in [0.2, 0.25) is 0 Å². The van der Waals surface area contributed by atoms with Gasteiger partial charge in [0.25, 0.3) is 0 Å². The summed E-state index contributed by atoms with van der Waals surface area (Å²) in [5, 5.41) is 2.12. The number of hydrogen-bond donors (Lipinski definition) is 1. The lowest BCUT2D eigenvalue weighted by atomic mass is 10.1. The average Bonchev–Trinajstić information content (AvgIpc) is 2.82. The summed E-state index contributed by atoms with van der Waals surface area (Å²) >= 11 is 1.81. The van der Waals surface area contributed by atoms with E-state index in [9.17, 15) is 0 Å². The Morgan fingerprint density at radius 2 is 2.12 bits per heavy atom. The van der Waals surface area contributed by atoms with E-state index in [0.717, 1.165) is 24.3 Å². The molecule has 3 heteroatoms. The minimum Gasteiger partial charge on any atom is -0.397 e. The van der Waals surface area contributed by atoms with Gasteiger partial charge in [-0.1, -0.05) is 12.1 Å². The number of anilines is 2. The number of benzene rings is 1. The molecule has 2 aromatic rings. The molecule has 0 atom stereocenters. The highest BCUT2D eigenvalue weighted by atomic mass is 32.1. The number of hydrogen-bond acceptors (Lipinski definition) is 3. The maximum atomic E-state index is 6.00. The van der Waals surface area contributed by atoms with Crippen molar-refractivity contribution in [2.24, 2.45) is 0 Å². The van der Waals surface area contributed by atoms with Gasteiger partial charge in [0.15, 0.2) is 0 Å². The van der Waals surface area contributed by atoms with Crippen LogP contribution in [-0.2, 0) is 6.42 Å². The van der Waals surface area contributed by atoms with Crippen LogP contribution in [0.25, 0.3) is 0 Å². The number of nitrogens with two attached hydrogens (primary N) is 1. The van der Waals surface area contributed by atoms with Crippen LogP contribution < -0.4 is 10.6 Å². The Morgan fingerprint density at radius 3 is 2.82 bits per heavy atom. The van der Waals surface area contributed by atoms with Crippen molar-refractivity contribution in [3.8, 4) is 0 Å². The lowest BCUT2D eigenvalue weighted by Gasteiger charge is -2.21. The summed E-state index contributed by atoms with van der Waals surface area (Å²) in [5.74, 6) is 0. The van der Waals surface area contributed by atoms with Crippen molar-refractivity contribution < 1.29 is 0 Å². The van der Waals surface area contributed by atoms with Crippen molar-refractivity contribution >= 4 is 22.7 Å². The van der Waals surface area contributed by atoms with Crippen LogP contribution in [0.1, 0.15) is 10.4 Å². The highest BCUT2D eigenvalue weighted by Gasteiger charge is 2.05. The minimum absolute atomic E-state index is 0.851. The standard InChI is InChI=1S/C14H18N2S/c1-11-5-6-13(15)14(10-11)16(2)8-7-12-4-3-9-17-12/h3-6,9-10H,7-8,15H2,1-2H3. The third kappa shape index (κ3) is 3.01. The highest BCUT2D eigenvalue weighted by molar-refractivity contribution is 7.09. The summed E-state index contributed by atoms with van der Waals surface area (Å²) in [7, 11) is 2.10. The van der Waals surface area contributed by atoms with Crippen molar-refractivity contribution in [2.45, 2.75) is 13.3 Å². The Bertz CT molecular complexity index is 477. The SMILES string of the molecule is Cc1ccc(N)c(N(C)CCc2cccs2)c1. The van der Waals surface area contributed by atoms with Crippen molar-refractivity contribution in [1.82, 2.24) is 0 Å². The number of nitrogen functional groups attached to an aromatic ring is 1. The van der Waals surface area contributed by atoms with Gasteiger partial charge in [-0.2, -0.15) is 0 Å². The first-order valence-corrected chi connectivity index (χ1v) is 6.64. The maximum absolute atomic E-state index is 6.00. The molecule has 17 heavy (non-hydrogen) atoms. The number of nitrogens with zero attached hydrogens (tertiary/aromatic N) is 1. The zero-order valence-corrected chi connectivity index (χ0v) is 11.1. The lowest BCUT2D eigenvalue weighted by Crippen LogP contribution is -2.21. The van der Waals surface area contributed by atoms with Gasteiger partial charge in [-0.05, 0) is 42.5 Å². The van der Waals surface area contributed by atoms with Crippen molar-refractivity contribution in [1.29, 1.82) is 0 Å². The summed E-state index contributed by atoms with van der Waals surface area (Å²) < 4.78 is 0.